The van der Waals surface area contributed by atoms with Gasteiger partial charge in [0.2, 0.25) is 5.91 Å². The first kappa shape index (κ1) is 14.2. The highest BCUT2D eigenvalue weighted by atomic mass is 16.5. The summed E-state index contributed by atoms with van der Waals surface area (Å²) < 4.78 is 5.24. The summed E-state index contributed by atoms with van der Waals surface area (Å²) in [5.74, 6) is -0.0217. The molecule has 4 heteroatoms. The molecule has 0 bridgehead atoms. The molecule has 0 saturated heterocycles. The smallest absolute Gasteiger partial charge is 0.229 e. The minimum Gasteiger partial charge on any atom is -0.378 e. The van der Waals surface area contributed by atoms with Crippen molar-refractivity contribution in [3.63, 3.8) is 0 Å². The number of methoxy groups -OCH3 is 1. The molecule has 18 heavy (non-hydrogen) atoms. The van der Waals surface area contributed by atoms with Crippen LogP contribution in [0.5, 0.6) is 0 Å². The van der Waals surface area contributed by atoms with E-state index in [0.29, 0.717) is 12.0 Å². The zero-order valence-electron chi connectivity index (χ0n) is 11.2. The van der Waals surface area contributed by atoms with Crippen LogP contribution >= 0.6 is 0 Å². The Kier molecular flexibility index (Phi) is 4.46. The van der Waals surface area contributed by atoms with Gasteiger partial charge in [0.1, 0.15) is 0 Å². The van der Waals surface area contributed by atoms with Crippen molar-refractivity contribution in [2.75, 3.05) is 19.1 Å². The maximum absolute atomic E-state index is 12.1. The fourth-order valence-corrected chi connectivity index (χ4v) is 1.46. The molecule has 96 valence electrons. The predicted molar refractivity (Wildman–Crippen MR) is 70.3 cm³/mol. The lowest BCUT2D eigenvalue weighted by atomic mass is 10.0. The van der Waals surface area contributed by atoms with Crippen LogP contribution in [-0.2, 0) is 9.53 Å². The van der Waals surface area contributed by atoms with E-state index in [0.717, 1.165) is 5.69 Å². The van der Waals surface area contributed by atoms with Crippen LogP contribution in [0.4, 0.5) is 5.69 Å². The van der Waals surface area contributed by atoms with Crippen LogP contribution < -0.4 is 4.90 Å². The molecule has 1 rings (SSSR count). The summed E-state index contributed by atoms with van der Waals surface area (Å²) in [5.41, 5.74) is 0.875. The Bertz CT molecular complexity index is 458. The molecule has 0 N–H and O–H groups in total. The average Bonchev–Trinajstić information content (AvgIpc) is 2.37. The molecule has 0 aliphatic heterocycles. The van der Waals surface area contributed by atoms with E-state index in [4.69, 9.17) is 10.00 Å². The number of nitriles is 1. The van der Waals surface area contributed by atoms with Crippen molar-refractivity contribution in [3.8, 4) is 6.07 Å². The van der Waals surface area contributed by atoms with Gasteiger partial charge in [-0.2, -0.15) is 5.26 Å². The molecule has 0 aliphatic rings. The van der Waals surface area contributed by atoms with Crippen molar-refractivity contribution in [2.24, 2.45) is 0 Å². The monoisotopic (exact) mass is 246 g/mol. The molecule has 1 aromatic carbocycles. The van der Waals surface area contributed by atoms with Crippen molar-refractivity contribution < 1.29 is 9.53 Å². The van der Waals surface area contributed by atoms with Gasteiger partial charge in [-0.15, -0.1) is 0 Å². The molecule has 0 spiro atoms. The fraction of sp³-hybridized carbons (Fsp3) is 0.429. The van der Waals surface area contributed by atoms with Gasteiger partial charge in [0, 0.05) is 19.8 Å². The molecular weight excluding hydrogens is 228 g/mol. The van der Waals surface area contributed by atoms with E-state index in [2.05, 4.69) is 0 Å². The number of carbonyl (C=O) groups is 1. The zero-order valence-corrected chi connectivity index (χ0v) is 11.2. The number of anilines is 1. The first-order valence-corrected chi connectivity index (χ1v) is 5.71. The van der Waals surface area contributed by atoms with E-state index < -0.39 is 5.60 Å². The number of rotatable bonds is 4. The zero-order chi connectivity index (χ0) is 13.8. The van der Waals surface area contributed by atoms with Crippen LogP contribution in [0.3, 0.4) is 0 Å². The Balaban J connectivity index is 2.77. The molecule has 1 aromatic rings. The molecule has 0 fully saturated rings. The Labute approximate surface area is 108 Å². The van der Waals surface area contributed by atoms with Gasteiger partial charge in [0.25, 0.3) is 0 Å². The third kappa shape index (κ3) is 3.57. The summed E-state index contributed by atoms with van der Waals surface area (Å²) >= 11 is 0. The molecule has 0 heterocycles. The number of hydrogen-bond acceptors (Lipinski definition) is 3. The Morgan fingerprint density at radius 1 is 1.39 bits per heavy atom. The van der Waals surface area contributed by atoms with Gasteiger partial charge in [-0.25, -0.2) is 0 Å². The number of carbonyl (C=O) groups excluding carboxylic acids is 1. The van der Waals surface area contributed by atoms with Crippen LogP contribution in [0.1, 0.15) is 25.8 Å². The van der Waals surface area contributed by atoms with E-state index in [-0.39, 0.29) is 5.91 Å². The average molecular weight is 246 g/mol. The molecule has 0 aliphatic carbocycles. The number of nitrogens with zero attached hydrogens (tertiary/aromatic N) is 2. The van der Waals surface area contributed by atoms with Gasteiger partial charge in [-0.3, -0.25) is 4.79 Å². The minimum atomic E-state index is -0.474. The highest BCUT2D eigenvalue weighted by Gasteiger charge is 2.23. The first-order chi connectivity index (χ1) is 8.39. The van der Waals surface area contributed by atoms with Gasteiger partial charge in [-0.05, 0) is 38.1 Å². The SMILES string of the molecule is COC(C)(C)CC(=O)N(C)c1ccc(C#N)cc1. The van der Waals surface area contributed by atoms with Crippen molar-refractivity contribution in [3.05, 3.63) is 29.8 Å². The van der Waals surface area contributed by atoms with Gasteiger partial charge in [0.05, 0.1) is 23.7 Å². The second-order valence-electron chi connectivity index (χ2n) is 4.75. The Hall–Kier alpha value is -1.86. The number of amides is 1. The summed E-state index contributed by atoms with van der Waals surface area (Å²) in [6, 6.07) is 8.96. The Morgan fingerprint density at radius 2 is 1.94 bits per heavy atom. The highest BCUT2D eigenvalue weighted by molar-refractivity contribution is 5.93. The molecular formula is C14H18N2O2. The highest BCUT2D eigenvalue weighted by Crippen LogP contribution is 2.19. The van der Waals surface area contributed by atoms with Gasteiger partial charge < -0.3 is 9.64 Å². The van der Waals surface area contributed by atoms with Crippen molar-refractivity contribution in [2.45, 2.75) is 25.9 Å². The second-order valence-corrected chi connectivity index (χ2v) is 4.75. The summed E-state index contributed by atoms with van der Waals surface area (Å²) in [5, 5.41) is 8.71. The summed E-state index contributed by atoms with van der Waals surface area (Å²) in [6.07, 6.45) is 0.306. The van der Waals surface area contributed by atoms with E-state index in [9.17, 15) is 4.79 Å². The van der Waals surface area contributed by atoms with E-state index in [1.165, 1.54) is 0 Å². The van der Waals surface area contributed by atoms with E-state index in [1.807, 2.05) is 19.9 Å². The van der Waals surface area contributed by atoms with Gasteiger partial charge in [0.15, 0.2) is 0 Å². The number of ether oxygens (including phenoxy) is 1. The van der Waals surface area contributed by atoms with Crippen molar-refractivity contribution >= 4 is 11.6 Å². The van der Waals surface area contributed by atoms with Crippen molar-refractivity contribution in [1.29, 1.82) is 5.26 Å². The lowest BCUT2D eigenvalue weighted by molar-refractivity contribution is -0.123. The molecule has 0 aromatic heterocycles. The minimum absolute atomic E-state index is 0.0217. The summed E-state index contributed by atoms with van der Waals surface area (Å²) in [4.78, 5) is 13.6. The number of benzene rings is 1. The van der Waals surface area contributed by atoms with E-state index >= 15 is 0 Å². The second kappa shape index (κ2) is 5.65. The number of hydrogen-bond donors (Lipinski definition) is 0. The first-order valence-electron chi connectivity index (χ1n) is 5.71. The molecule has 0 radical (unpaired) electrons. The summed E-state index contributed by atoms with van der Waals surface area (Å²) in [7, 11) is 3.31. The molecule has 0 atom stereocenters. The van der Waals surface area contributed by atoms with Crippen LogP contribution in [0.2, 0.25) is 0 Å². The topological polar surface area (TPSA) is 53.3 Å². The maximum Gasteiger partial charge on any atom is 0.229 e. The molecule has 1 amide bonds. The van der Waals surface area contributed by atoms with Crippen LogP contribution in [0, 0.1) is 11.3 Å². The lowest BCUT2D eigenvalue weighted by Crippen LogP contribution is -2.35. The van der Waals surface area contributed by atoms with Crippen LogP contribution in [0.15, 0.2) is 24.3 Å². The maximum atomic E-state index is 12.1. The van der Waals surface area contributed by atoms with Crippen molar-refractivity contribution in [1.82, 2.24) is 0 Å². The van der Waals surface area contributed by atoms with Gasteiger partial charge >= 0.3 is 0 Å². The third-order valence-electron chi connectivity index (χ3n) is 2.89. The van der Waals surface area contributed by atoms with Crippen LogP contribution in [-0.4, -0.2) is 25.7 Å². The Morgan fingerprint density at radius 3 is 2.39 bits per heavy atom. The molecule has 4 nitrogen and oxygen atoms in total. The van der Waals surface area contributed by atoms with E-state index in [1.54, 1.807) is 43.3 Å². The lowest BCUT2D eigenvalue weighted by Gasteiger charge is -2.25. The predicted octanol–water partition coefficient (Wildman–Crippen LogP) is 2.34. The summed E-state index contributed by atoms with van der Waals surface area (Å²) in [6.45, 7) is 3.75. The standard InChI is InChI=1S/C14H18N2O2/c1-14(2,18-4)9-13(17)16(3)12-7-5-11(10-15)6-8-12/h5-8H,9H2,1-4H3. The van der Waals surface area contributed by atoms with Crippen LogP contribution in [0.25, 0.3) is 0 Å². The third-order valence-corrected chi connectivity index (χ3v) is 2.89. The quantitative estimate of drug-likeness (QED) is 0.819. The molecule has 0 unspecified atom stereocenters. The fourth-order valence-electron chi connectivity index (χ4n) is 1.46. The molecule has 0 saturated carbocycles. The van der Waals surface area contributed by atoms with Gasteiger partial charge in [-0.1, -0.05) is 0 Å². The largest absolute Gasteiger partial charge is 0.378 e. The normalized spacial score (nSPS) is 10.8.